The van der Waals surface area contributed by atoms with Crippen LogP contribution in [0.1, 0.15) is 11.4 Å². The fraction of sp³-hybridized carbons (Fsp3) is 0.400. The Morgan fingerprint density at radius 1 is 1.75 bits per heavy atom. The Balaban J connectivity index is 2.64. The van der Waals surface area contributed by atoms with Crippen LogP contribution >= 0.6 is 0 Å². The number of hydrazine groups is 1. The highest BCUT2D eigenvalue weighted by Gasteiger charge is 2.12. The van der Waals surface area contributed by atoms with Crippen molar-refractivity contribution in [2.45, 2.75) is 13.5 Å². The van der Waals surface area contributed by atoms with Gasteiger partial charge in [-0.15, -0.1) is 0 Å². The van der Waals surface area contributed by atoms with Gasteiger partial charge in [-0.25, -0.2) is 20.3 Å². The number of nitrogens with two attached hydrogens (primary N) is 1. The lowest BCUT2D eigenvalue weighted by Crippen LogP contribution is -2.35. The summed E-state index contributed by atoms with van der Waals surface area (Å²) in [6.45, 7) is 1.63. The van der Waals surface area contributed by atoms with E-state index in [0.29, 0.717) is 16.4 Å². The van der Waals surface area contributed by atoms with Crippen LogP contribution in [0.25, 0.3) is 0 Å². The minimum absolute atomic E-state index is 0.0231. The monoisotopic (exact) mass is 172 g/mol. The van der Waals surface area contributed by atoms with Crippen LogP contribution in [0.15, 0.2) is 4.63 Å². The van der Waals surface area contributed by atoms with E-state index in [4.69, 9.17) is 10.9 Å². The van der Waals surface area contributed by atoms with E-state index in [2.05, 4.69) is 14.9 Å². The minimum atomic E-state index is -1.22. The number of aromatic nitrogens is 2. The molecule has 1 heterocycles. The average molecular weight is 172 g/mol. The van der Waals surface area contributed by atoms with Gasteiger partial charge in [0, 0.05) is 0 Å². The Kier molecular flexibility index (Phi) is 2.24. The predicted molar refractivity (Wildman–Crippen MR) is 36.8 cm³/mol. The topological polar surface area (TPSA) is 105 Å². The first-order valence-electron chi connectivity index (χ1n) is 3.14. The van der Waals surface area contributed by atoms with Gasteiger partial charge in [0.15, 0.2) is 0 Å². The number of hydrogen-bond donors (Lipinski definition) is 2. The van der Waals surface area contributed by atoms with Crippen molar-refractivity contribution in [2.75, 3.05) is 0 Å². The zero-order chi connectivity index (χ0) is 9.14. The molecule has 0 aromatic carbocycles. The van der Waals surface area contributed by atoms with E-state index in [1.54, 1.807) is 6.92 Å². The Morgan fingerprint density at radius 2 is 2.42 bits per heavy atom. The van der Waals surface area contributed by atoms with Crippen molar-refractivity contribution in [1.29, 1.82) is 0 Å². The van der Waals surface area contributed by atoms with Crippen molar-refractivity contribution >= 4 is 6.09 Å². The summed E-state index contributed by atoms with van der Waals surface area (Å²) in [5.41, 5.74) is 0.951. The number of aryl methyl sites for hydroxylation is 1. The number of amides is 1. The van der Waals surface area contributed by atoms with Gasteiger partial charge in [0.05, 0.1) is 6.54 Å². The minimum Gasteiger partial charge on any atom is -0.464 e. The third-order valence-electron chi connectivity index (χ3n) is 1.31. The molecule has 0 unspecified atom stereocenters. The zero-order valence-corrected chi connectivity index (χ0v) is 6.39. The van der Waals surface area contributed by atoms with Crippen molar-refractivity contribution in [3.63, 3.8) is 0 Å². The first kappa shape index (κ1) is 8.47. The molecule has 0 radical (unpaired) electrons. The molecule has 0 saturated heterocycles. The fourth-order valence-electron chi connectivity index (χ4n) is 0.622. The number of hydrogen-bond acceptors (Lipinski definition) is 5. The molecule has 1 amide bonds. The summed E-state index contributed by atoms with van der Waals surface area (Å²) in [6, 6.07) is 0. The second-order valence-corrected chi connectivity index (χ2v) is 2.21. The average Bonchev–Trinajstić information content (AvgIpc) is 2.36. The van der Waals surface area contributed by atoms with E-state index in [1.165, 1.54) is 0 Å². The maximum absolute atomic E-state index is 10.3. The molecular formula is C5H8N4O3. The number of carbonyl (C=O) groups is 1. The smallest absolute Gasteiger partial charge is 0.421 e. The molecule has 0 fully saturated rings. The molecule has 0 aliphatic heterocycles. The normalized spacial score (nSPS) is 9.83. The van der Waals surface area contributed by atoms with E-state index < -0.39 is 6.09 Å². The first-order chi connectivity index (χ1) is 5.61. The molecular weight excluding hydrogens is 164 g/mol. The molecule has 12 heavy (non-hydrogen) atoms. The summed E-state index contributed by atoms with van der Waals surface area (Å²) >= 11 is 0. The summed E-state index contributed by atoms with van der Waals surface area (Å²) < 4.78 is 4.35. The largest absolute Gasteiger partial charge is 0.464 e. The summed E-state index contributed by atoms with van der Waals surface area (Å²) in [5.74, 6) is 5.10. The van der Waals surface area contributed by atoms with Crippen LogP contribution in [0, 0.1) is 6.92 Å². The third-order valence-corrected chi connectivity index (χ3v) is 1.31. The highest BCUT2D eigenvalue weighted by Crippen LogP contribution is 2.02. The van der Waals surface area contributed by atoms with Crippen molar-refractivity contribution in [3.05, 3.63) is 11.4 Å². The molecule has 0 spiro atoms. The van der Waals surface area contributed by atoms with Crippen molar-refractivity contribution < 1.29 is 14.5 Å². The molecule has 0 bridgehead atoms. The van der Waals surface area contributed by atoms with Gasteiger partial charge < -0.3 is 5.11 Å². The van der Waals surface area contributed by atoms with Gasteiger partial charge in [0.2, 0.25) is 0 Å². The van der Waals surface area contributed by atoms with Gasteiger partial charge in [-0.2, -0.15) is 0 Å². The predicted octanol–water partition coefficient (Wildman–Crippen LogP) is -0.268. The fourth-order valence-corrected chi connectivity index (χ4v) is 0.622. The van der Waals surface area contributed by atoms with Gasteiger partial charge in [0.1, 0.15) is 11.4 Å². The zero-order valence-electron chi connectivity index (χ0n) is 6.39. The van der Waals surface area contributed by atoms with Gasteiger partial charge in [-0.05, 0) is 6.92 Å². The van der Waals surface area contributed by atoms with Crippen molar-refractivity contribution in [2.24, 2.45) is 5.84 Å². The lowest BCUT2D eigenvalue weighted by atomic mass is 10.3. The van der Waals surface area contributed by atoms with Crippen LogP contribution in [-0.4, -0.2) is 26.5 Å². The maximum atomic E-state index is 10.3. The van der Waals surface area contributed by atoms with Gasteiger partial charge in [-0.3, -0.25) is 0 Å². The molecule has 1 aromatic heterocycles. The van der Waals surface area contributed by atoms with Crippen LogP contribution in [0.4, 0.5) is 4.79 Å². The Morgan fingerprint density at radius 3 is 2.83 bits per heavy atom. The number of carboxylic acid groups (broad SMARTS) is 1. The second kappa shape index (κ2) is 3.18. The van der Waals surface area contributed by atoms with E-state index >= 15 is 0 Å². The maximum Gasteiger partial charge on any atom is 0.421 e. The van der Waals surface area contributed by atoms with E-state index in [1.807, 2.05) is 0 Å². The quantitative estimate of drug-likeness (QED) is 0.361. The van der Waals surface area contributed by atoms with Gasteiger partial charge in [-0.1, -0.05) is 10.3 Å². The van der Waals surface area contributed by atoms with E-state index in [-0.39, 0.29) is 6.54 Å². The molecule has 0 atom stereocenters. The molecule has 66 valence electrons. The van der Waals surface area contributed by atoms with Crippen LogP contribution in [0.5, 0.6) is 0 Å². The number of rotatable bonds is 2. The molecule has 0 aliphatic carbocycles. The Hall–Kier alpha value is -1.63. The van der Waals surface area contributed by atoms with E-state index in [0.717, 1.165) is 0 Å². The molecule has 0 aliphatic rings. The standard InChI is InChI=1S/C5H8N4O3/c1-3-4(8-12-7-3)2-9(6)5(10)11/h2,6H2,1H3,(H,10,11). The summed E-state index contributed by atoms with van der Waals surface area (Å²) in [7, 11) is 0. The SMILES string of the molecule is Cc1nonc1CN(N)C(=O)O. The number of nitrogens with zero attached hydrogens (tertiary/aromatic N) is 3. The van der Waals surface area contributed by atoms with E-state index in [9.17, 15) is 4.79 Å². The van der Waals surface area contributed by atoms with Gasteiger partial charge >= 0.3 is 6.09 Å². The van der Waals surface area contributed by atoms with Crippen LogP contribution in [0.3, 0.4) is 0 Å². The van der Waals surface area contributed by atoms with Crippen molar-refractivity contribution in [3.8, 4) is 0 Å². The summed E-state index contributed by atoms with van der Waals surface area (Å²) in [6.07, 6.45) is -1.22. The highest BCUT2D eigenvalue weighted by atomic mass is 16.6. The molecule has 1 aromatic rings. The van der Waals surface area contributed by atoms with Crippen LogP contribution in [0.2, 0.25) is 0 Å². The highest BCUT2D eigenvalue weighted by molar-refractivity contribution is 5.63. The molecule has 7 heteroatoms. The van der Waals surface area contributed by atoms with Crippen LogP contribution < -0.4 is 5.84 Å². The molecule has 3 N–H and O–H groups in total. The first-order valence-corrected chi connectivity index (χ1v) is 3.14. The molecule has 7 nitrogen and oxygen atoms in total. The third kappa shape index (κ3) is 1.70. The van der Waals surface area contributed by atoms with Gasteiger partial charge in [0.25, 0.3) is 0 Å². The van der Waals surface area contributed by atoms with Crippen LogP contribution in [-0.2, 0) is 6.54 Å². The molecule has 1 rings (SSSR count). The Labute approximate surface area is 67.7 Å². The van der Waals surface area contributed by atoms with Crippen molar-refractivity contribution in [1.82, 2.24) is 15.3 Å². The second-order valence-electron chi connectivity index (χ2n) is 2.21. The summed E-state index contributed by atoms with van der Waals surface area (Å²) in [5, 5.41) is 15.9. The Bertz CT molecular complexity index is 284. The lowest BCUT2D eigenvalue weighted by Gasteiger charge is -2.08. The molecule has 0 saturated carbocycles. The summed E-state index contributed by atoms with van der Waals surface area (Å²) in [4.78, 5) is 10.3. The lowest BCUT2D eigenvalue weighted by molar-refractivity contribution is 0.141.